The number of carboxylic acids is 1. The van der Waals surface area contributed by atoms with Crippen molar-refractivity contribution in [3.05, 3.63) is 35.9 Å². The predicted octanol–water partition coefficient (Wildman–Crippen LogP) is 1.35. The van der Waals surface area contributed by atoms with Gasteiger partial charge in [-0.05, 0) is 31.2 Å². The van der Waals surface area contributed by atoms with Crippen molar-refractivity contribution in [1.82, 2.24) is 5.32 Å². The number of hydrogen-bond donors (Lipinski definition) is 3. The molecular weight excluding hydrogens is 258 g/mol. The molecule has 0 aliphatic heterocycles. The number of aryl methyl sites for hydroxylation is 1. The zero-order chi connectivity index (χ0) is 14.8. The number of aliphatic carboxylic acids is 1. The van der Waals surface area contributed by atoms with Gasteiger partial charge in [-0.1, -0.05) is 30.3 Å². The Bertz CT molecular complexity index is 419. The average molecular weight is 279 g/mol. The molecule has 1 unspecified atom stereocenters. The lowest BCUT2D eigenvalue weighted by Gasteiger charge is -2.11. The van der Waals surface area contributed by atoms with E-state index in [4.69, 9.17) is 5.11 Å². The second-order valence-electron chi connectivity index (χ2n) is 4.68. The maximum atomic E-state index is 11.5. The van der Waals surface area contributed by atoms with Crippen molar-refractivity contribution in [3.8, 4) is 0 Å². The number of aliphatic hydroxyl groups excluding tert-OH is 1. The van der Waals surface area contributed by atoms with Gasteiger partial charge >= 0.3 is 5.97 Å². The van der Waals surface area contributed by atoms with Crippen LogP contribution in [0.25, 0.3) is 0 Å². The van der Waals surface area contributed by atoms with E-state index in [0.717, 1.165) is 12.8 Å². The summed E-state index contributed by atoms with van der Waals surface area (Å²) in [4.78, 5) is 21.8. The summed E-state index contributed by atoms with van der Waals surface area (Å²) in [6.07, 6.45) is 1.32. The Hall–Kier alpha value is -1.88. The zero-order valence-corrected chi connectivity index (χ0v) is 11.4. The van der Waals surface area contributed by atoms with Gasteiger partial charge in [0.15, 0.2) is 0 Å². The van der Waals surface area contributed by atoms with Gasteiger partial charge in [0.05, 0.1) is 0 Å². The van der Waals surface area contributed by atoms with Crippen molar-refractivity contribution >= 4 is 11.9 Å². The van der Waals surface area contributed by atoms with Crippen LogP contribution in [0.3, 0.4) is 0 Å². The predicted molar refractivity (Wildman–Crippen MR) is 75.3 cm³/mol. The summed E-state index contributed by atoms with van der Waals surface area (Å²) in [5.74, 6) is -1.31. The van der Waals surface area contributed by atoms with Crippen LogP contribution in [0.1, 0.15) is 31.2 Å². The van der Waals surface area contributed by atoms with Gasteiger partial charge < -0.3 is 15.5 Å². The Kier molecular flexibility index (Phi) is 7.35. The number of aliphatic hydroxyl groups is 1. The summed E-state index contributed by atoms with van der Waals surface area (Å²) in [6.45, 7) is 0.279. The lowest BCUT2D eigenvalue weighted by molar-refractivity contribution is -0.137. The van der Waals surface area contributed by atoms with Crippen molar-refractivity contribution in [3.63, 3.8) is 0 Å². The first kappa shape index (κ1) is 16.2. The zero-order valence-electron chi connectivity index (χ0n) is 11.4. The summed E-state index contributed by atoms with van der Waals surface area (Å²) in [6, 6.07) is 9.89. The van der Waals surface area contributed by atoms with E-state index in [1.807, 2.05) is 30.3 Å². The minimum Gasteiger partial charge on any atom is -0.481 e. The minimum absolute atomic E-state index is 0.0182. The van der Waals surface area contributed by atoms with E-state index in [-0.39, 0.29) is 13.0 Å². The topological polar surface area (TPSA) is 86.6 Å². The molecule has 0 aliphatic carbocycles. The molecule has 0 aliphatic rings. The smallest absolute Gasteiger partial charge is 0.303 e. The van der Waals surface area contributed by atoms with E-state index < -0.39 is 18.0 Å². The monoisotopic (exact) mass is 279 g/mol. The van der Waals surface area contributed by atoms with Gasteiger partial charge in [-0.25, -0.2) is 0 Å². The van der Waals surface area contributed by atoms with E-state index in [2.05, 4.69) is 5.32 Å². The number of nitrogens with one attached hydrogen (secondary N) is 1. The first-order valence-corrected chi connectivity index (χ1v) is 6.81. The van der Waals surface area contributed by atoms with E-state index in [0.29, 0.717) is 12.8 Å². The lowest BCUT2D eigenvalue weighted by atomic mass is 10.1. The molecular formula is C15H21NO4. The number of amides is 1. The fourth-order valence-electron chi connectivity index (χ4n) is 1.84. The molecule has 0 heterocycles. The summed E-state index contributed by atoms with van der Waals surface area (Å²) in [5, 5.41) is 20.7. The maximum absolute atomic E-state index is 11.5. The van der Waals surface area contributed by atoms with Gasteiger partial charge in [-0.3, -0.25) is 9.59 Å². The summed E-state index contributed by atoms with van der Waals surface area (Å²) < 4.78 is 0. The molecule has 0 aromatic heterocycles. The molecule has 1 aromatic carbocycles. The Morgan fingerprint density at radius 3 is 2.50 bits per heavy atom. The molecule has 1 amide bonds. The van der Waals surface area contributed by atoms with Crippen LogP contribution in [-0.2, 0) is 16.0 Å². The third-order valence-corrected chi connectivity index (χ3v) is 2.96. The van der Waals surface area contributed by atoms with Gasteiger partial charge in [0.1, 0.15) is 6.10 Å². The van der Waals surface area contributed by atoms with Crippen LogP contribution in [0, 0.1) is 0 Å². The maximum Gasteiger partial charge on any atom is 0.303 e. The Labute approximate surface area is 118 Å². The number of rotatable bonds is 9. The third kappa shape index (κ3) is 6.89. The van der Waals surface area contributed by atoms with E-state index in [1.165, 1.54) is 5.56 Å². The number of benzene rings is 1. The molecule has 1 aromatic rings. The average Bonchev–Trinajstić information content (AvgIpc) is 2.44. The molecule has 0 spiro atoms. The Morgan fingerprint density at radius 1 is 1.15 bits per heavy atom. The fourth-order valence-corrected chi connectivity index (χ4v) is 1.84. The van der Waals surface area contributed by atoms with Crippen LogP contribution < -0.4 is 5.32 Å². The SMILES string of the molecule is O=C(O)CCCNC(=O)C(O)CCCc1ccccc1. The van der Waals surface area contributed by atoms with Crippen molar-refractivity contribution in [2.45, 2.75) is 38.2 Å². The molecule has 1 rings (SSSR count). The fraction of sp³-hybridized carbons (Fsp3) is 0.467. The number of hydrogen-bond acceptors (Lipinski definition) is 3. The third-order valence-electron chi connectivity index (χ3n) is 2.96. The Balaban J connectivity index is 2.13. The minimum atomic E-state index is -1.02. The number of carbonyl (C=O) groups excluding carboxylic acids is 1. The summed E-state index contributed by atoms with van der Waals surface area (Å²) >= 11 is 0. The van der Waals surface area contributed by atoms with E-state index in [1.54, 1.807) is 0 Å². The first-order chi connectivity index (χ1) is 9.59. The highest BCUT2D eigenvalue weighted by Gasteiger charge is 2.13. The highest BCUT2D eigenvalue weighted by molar-refractivity contribution is 5.80. The van der Waals surface area contributed by atoms with Crippen LogP contribution in [0.2, 0.25) is 0 Å². The number of carboxylic acid groups (broad SMARTS) is 1. The van der Waals surface area contributed by atoms with Crippen LogP contribution >= 0.6 is 0 Å². The van der Waals surface area contributed by atoms with E-state index in [9.17, 15) is 14.7 Å². The van der Waals surface area contributed by atoms with Gasteiger partial charge in [0.25, 0.3) is 0 Å². The molecule has 20 heavy (non-hydrogen) atoms. The van der Waals surface area contributed by atoms with Crippen LogP contribution in [0.5, 0.6) is 0 Å². The molecule has 5 heteroatoms. The van der Waals surface area contributed by atoms with Crippen molar-refractivity contribution in [1.29, 1.82) is 0 Å². The van der Waals surface area contributed by atoms with Gasteiger partial charge in [-0.2, -0.15) is 0 Å². The molecule has 0 fully saturated rings. The quantitative estimate of drug-likeness (QED) is 0.596. The lowest BCUT2D eigenvalue weighted by Crippen LogP contribution is -2.35. The van der Waals surface area contributed by atoms with Crippen LogP contribution in [0.4, 0.5) is 0 Å². The van der Waals surface area contributed by atoms with Gasteiger partial charge in [0, 0.05) is 13.0 Å². The molecule has 1 atom stereocenters. The Morgan fingerprint density at radius 2 is 1.85 bits per heavy atom. The largest absolute Gasteiger partial charge is 0.481 e. The highest BCUT2D eigenvalue weighted by atomic mass is 16.4. The molecule has 3 N–H and O–H groups in total. The van der Waals surface area contributed by atoms with Crippen molar-refractivity contribution in [2.24, 2.45) is 0 Å². The summed E-state index contributed by atoms with van der Waals surface area (Å²) in [5.41, 5.74) is 1.18. The standard InChI is InChI=1S/C15H21NO4/c17-13(15(20)16-11-5-10-14(18)19)9-4-8-12-6-2-1-3-7-12/h1-3,6-7,13,17H,4-5,8-11H2,(H,16,20)(H,18,19). The second-order valence-corrected chi connectivity index (χ2v) is 4.68. The molecule has 0 bridgehead atoms. The first-order valence-electron chi connectivity index (χ1n) is 6.81. The molecule has 110 valence electrons. The normalized spacial score (nSPS) is 11.8. The van der Waals surface area contributed by atoms with Crippen LogP contribution in [-0.4, -0.2) is 34.7 Å². The van der Waals surface area contributed by atoms with Gasteiger partial charge in [0.2, 0.25) is 5.91 Å². The molecule has 5 nitrogen and oxygen atoms in total. The second kappa shape index (κ2) is 9.09. The highest BCUT2D eigenvalue weighted by Crippen LogP contribution is 2.06. The molecule has 0 saturated heterocycles. The summed E-state index contributed by atoms with van der Waals surface area (Å²) in [7, 11) is 0. The van der Waals surface area contributed by atoms with Crippen molar-refractivity contribution < 1.29 is 19.8 Å². The van der Waals surface area contributed by atoms with Crippen molar-refractivity contribution in [2.75, 3.05) is 6.54 Å². The molecule has 0 radical (unpaired) electrons. The van der Waals surface area contributed by atoms with E-state index >= 15 is 0 Å². The number of carbonyl (C=O) groups is 2. The van der Waals surface area contributed by atoms with Gasteiger partial charge in [-0.15, -0.1) is 0 Å². The van der Waals surface area contributed by atoms with Crippen LogP contribution in [0.15, 0.2) is 30.3 Å². The molecule has 0 saturated carbocycles.